The van der Waals surface area contributed by atoms with Crippen LogP contribution in [0.4, 0.5) is 5.69 Å². The standard InChI is InChI=1S/C10H15NO/c1-2-3-9-5-4-8(7-12)6-10(9)11/h4-6,12H,2-3,7,11H2,1H3. The number of hydrogen-bond donors (Lipinski definition) is 2. The molecule has 0 fully saturated rings. The summed E-state index contributed by atoms with van der Waals surface area (Å²) in [5, 5.41) is 8.83. The molecule has 1 aromatic carbocycles. The minimum atomic E-state index is 0.0661. The lowest BCUT2D eigenvalue weighted by atomic mass is 10.1. The topological polar surface area (TPSA) is 46.2 Å². The second kappa shape index (κ2) is 4.12. The van der Waals surface area contributed by atoms with Crippen molar-refractivity contribution in [2.24, 2.45) is 0 Å². The van der Waals surface area contributed by atoms with Crippen molar-refractivity contribution >= 4 is 5.69 Å². The van der Waals surface area contributed by atoms with Crippen molar-refractivity contribution in [1.82, 2.24) is 0 Å². The summed E-state index contributed by atoms with van der Waals surface area (Å²) in [4.78, 5) is 0. The monoisotopic (exact) mass is 165 g/mol. The van der Waals surface area contributed by atoms with Crippen LogP contribution in [0.1, 0.15) is 24.5 Å². The Hall–Kier alpha value is -1.02. The van der Waals surface area contributed by atoms with Crippen molar-refractivity contribution in [3.05, 3.63) is 29.3 Å². The van der Waals surface area contributed by atoms with Gasteiger partial charge in [-0.05, 0) is 23.6 Å². The van der Waals surface area contributed by atoms with Crippen molar-refractivity contribution in [2.75, 3.05) is 5.73 Å². The predicted octanol–water partition coefficient (Wildman–Crippen LogP) is 1.71. The van der Waals surface area contributed by atoms with Crippen LogP contribution in [0.3, 0.4) is 0 Å². The number of benzene rings is 1. The highest BCUT2D eigenvalue weighted by Gasteiger charge is 1.98. The molecule has 0 spiro atoms. The fraction of sp³-hybridized carbons (Fsp3) is 0.400. The van der Waals surface area contributed by atoms with Crippen molar-refractivity contribution in [2.45, 2.75) is 26.4 Å². The Morgan fingerprint density at radius 1 is 1.42 bits per heavy atom. The molecule has 0 atom stereocenters. The zero-order chi connectivity index (χ0) is 8.97. The molecule has 2 heteroatoms. The van der Waals surface area contributed by atoms with Gasteiger partial charge in [0.2, 0.25) is 0 Å². The Labute approximate surface area is 73.0 Å². The first-order chi connectivity index (χ1) is 5.77. The van der Waals surface area contributed by atoms with Crippen LogP contribution in [0.5, 0.6) is 0 Å². The van der Waals surface area contributed by atoms with E-state index < -0.39 is 0 Å². The van der Waals surface area contributed by atoms with E-state index in [4.69, 9.17) is 10.8 Å². The van der Waals surface area contributed by atoms with E-state index in [0.717, 1.165) is 24.1 Å². The number of aliphatic hydroxyl groups is 1. The first kappa shape index (κ1) is 9.07. The van der Waals surface area contributed by atoms with Crippen LogP contribution in [-0.2, 0) is 13.0 Å². The van der Waals surface area contributed by atoms with Gasteiger partial charge in [0.05, 0.1) is 6.61 Å². The minimum absolute atomic E-state index is 0.0661. The van der Waals surface area contributed by atoms with Crippen LogP contribution in [0.2, 0.25) is 0 Å². The molecule has 0 heterocycles. The first-order valence-electron chi connectivity index (χ1n) is 4.26. The molecule has 0 amide bonds. The lowest BCUT2D eigenvalue weighted by Gasteiger charge is -2.05. The lowest BCUT2D eigenvalue weighted by Crippen LogP contribution is -1.95. The molecule has 0 aliphatic heterocycles. The summed E-state index contributed by atoms with van der Waals surface area (Å²) in [7, 11) is 0. The van der Waals surface area contributed by atoms with Gasteiger partial charge in [-0.25, -0.2) is 0 Å². The van der Waals surface area contributed by atoms with Crippen LogP contribution in [0.15, 0.2) is 18.2 Å². The normalized spacial score (nSPS) is 10.2. The third-order valence-corrected chi connectivity index (χ3v) is 1.91. The van der Waals surface area contributed by atoms with Crippen LogP contribution < -0.4 is 5.73 Å². The van der Waals surface area contributed by atoms with Crippen LogP contribution in [0, 0.1) is 0 Å². The molecule has 12 heavy (non-hydrogen) atoms. The molecule has 66 valence electrons. The van der Waals surface area contributed by atoms with E-state index in [1.807, 2.05) is 18.2 Å². The molecule has 0 aromatic heterocycles. The molecule has 0 aliphatic rings. The van der Waals surface area contributed by atoms with Crippen molar-refractivity contribution < 1.29 is 5.11 Å². The molecule has 1 aromatic rings. The molecule has 3 N–H and O–H groups in total. The third-order valence-electron chi connectivity index (χ3n) is 1.91. The number of rotatable bonds is 3. The molecule has 2 nitrogen and oxygen atoms in total. The van der Waals surface area contributed by atoms with Gasteiger partial charge in [-0.2, -0.15) is 0 Å². The molecule has 1 rings (SSSR count). The number of nitrogens with two attached hydrogens (primary N) is 1. The summed E-state index contributed by atoms with van der Waals surface area (Å²) in [5.74, 6) is 0. The zero-order valence-corrected chi connectivity index (χ0v) is 7.38. The summed E-state index contributed by atoms with van der Waals surface area (Å²) in [6.07, 6.45) is 2.11. The Morgan fingerprint density at radius 3 is 2.67 bits per heavy atom. The largest absolute Gasteiger partial charge is 0.398 e. The second-order valence-corrected chi connectivity index (χ2v) is 2.94. The summed E-state index contributed by atoms with van der Waals surface area (Å²) >= 11 is 0. The van der Waals surface area contributed by atoms with E-state index in [2.05, 4.69) is 6.92 Å². The van der Waals surface area contributed by atoms with Crippen molar-refractivity contribution in [1.29, 1.82) is 0 Å². The van der Waals surface area contributed by atoms with Gasteiger partial charge in [0.1, 0.15) is 0 Å². The van der Waals surface area contributed by atoms with E-state index in [0.29, 0.717) is 0 Å². The van der Waals surface area contributed by atoms with E-state index >= 15 is 0 Å². The van der Waals surface area contributed by atoms with Gasteiger partial charge in [-0.15, -0.1) is 0 Å². The quantitative estimate of drug-likeness (QED) is 0.670. The maximum atomic E-state index is 8.83. The second-order valence-electron chi connectivity index (χ2n) is 2.94. The number of aryl methyl sites for hydroxylation is 1. The van der Waals surface area contributed by atoms with Gasteiger partial charge in [0.25, 0.3) is 0 Å². The van der Waals surface area contributed by atoms with E-state index in [1.165, 1.54) is 5.56 Å². The minimum Gasteiger partial charge on any atom is -0.398 e. The highest BCUT2D eigenvalue weighted by atomic mass is 16.3. The van der Waals surface area contributed by atoms with E-state index in [-0.39, 0.29) is 6.61 Å². The highest BCUT2D eigenvalue weighted by molar-refractivity contribution is 5.49. The Balaban J connectivity index is 2.87. The molecule has 0 saturated carbocycles. The maximum Gasteiger partial charge on any atom is 0.0682 e. The van der Waals surface area contributed by atoms with Crippen molar-refractivity contribution in [3.8, 4) is 0 Å². The summed E-state index contributed by atoms with van der Waals surface area (Å²) < 4.78 is 0. The molecule has 0 aliphatic carbocycles. The molecule has 0 radical (unpaired) electrons. The van der Waals surface area contributed by atoms with Gasteiger partial charge >= 0.3 is 0 Å². The number of aliphatic hydroxyl groups excluding tert-OH is 1. The number of nitrogen functional groups attached to an aromatic ring is 1. The van der Waals surface area contributed by atoms with Gasteiger partial charge < -0.3 is 10.8 Å². The summed E-state index contributed by atoms with van der Waals surface area (Å²) in [6, 6.07) is 5.75. The highest BCUT2D eigenvalue weighted by Crippen LogP contribution is 2.15. The predicted molar refractivity (Wildman–Crippen MR) is 50.8 cm³/mol. The van der Waals surface area contributed by atoms with Gasteiger partial charge in [0.15, 0.2) is 0 Å². The van der Waals surface area contributed by atoms with Gasteiger partial charge in [0, 0.05) is 5.69 Å². The fourth-order valence-electron chi connectivity index (χ4n) is 1.24. The van der Waals surface area contributed by atoms with Crippen molar-refractivity contribution in [3.63, 3.8) is 0 Å². The smallest absolute Gasteiger partial charge is 0.0682 e. The average molecular weight is 165 g/mol. The molecular weight excluding hydrogens is 150 g/mol. The SMILES string of the molecule is CCCc1ccc(CO)cc1N. The number of anilines is 1. The molecule has 0 unspecified atom stereocenters. The van der Waals surface area contributed by atoms with Crippen LogP contribution in [-0.4, -0.2) is 5.11 Å². The first-order valence-corrected chi connectivity index (χ1v) is 4.26. The summed E-state index contributed by atoms with van der Waals surface area (Å²) in [6.45, 7) is 2.19. The molecular formula is C10H15NO. The van der Waals surface area contributed by atoms with Crippen LogP contribution in [0.25, 0.3) is 0 Å². The fourth-order valence-corrected chi connectivity index (χ4v) is 1.24. The van der Waals surface area contributed by atoms with E-state index in [1.54, 1.807) is 0 Å². The Bertz CT molecular complexity index is 258. The van der Waals surface area contributed by atoms with E-state index in [9.17, 15) is 0 Å². The third kappa shape index (κ3) is 1.98. The molecule has 0 saturated heterocycles. The van der Waals surface area contributed by atoms with Gasteiger partial charge in [-0.3, -0.25) is 0 Å². The molecule has 0 bridgehead atoms. The maximum absolute atomic E-state index is 8.83. The summed E-state index contributed by atoms with van der Waals surface area (Å²) in [5.41, 5.74) is 8.62. The van der Waals surface area contributed by atoms with Gasteiger partial charge in [-0.1, -0.05) is 25.5 Å². The lowest BCUT2D eigenvalue weighted by molar-refractivity contribution is 0.282. The number of hydrogen-bond acceptors (Lipinski definition) is 2. The van der Waals surface area contributed by atoms with Crippen LogP contribution >= 0.6 is 0 Å². The zero-order valence-electron chi connectivity index (χ0n) is 7.38. The Kier molecular flexibility index (Phi) is 3.11. The Morgan fingerprint density at radius 2 is 2.17 bits per heavy atom. The average Bonchev–Trinajstić information content (AvgIpc) is 2.09.